The van der Waals surface area contributed by atoms with Gasteiger partial charge in [-0.3, -0.25) is 0 Å². The molecule has 1 fully saturated rings. The van der Waals surface area contributed by atoms with Crippen LogP contribution >= 0.6 is 0 Å². The Bertz CT molecular complexity index is 3980. The van der Waals surface area contributed by atoms with Crippen LogP contribution < -0.4 is 4.74 Å². The maximum atomic E-state index is 6.80. The molecule has 0 radical (unpaired) electrons. The Hall–Kier alpha value is -7.33. The van der Waals surface area contributed by atoms with E-state index < -0.39 is 0 Å². The van der Waals surface area contributed by atoms with Gasteiger partial charge in [-0.2, -0.15) is 0 Å². The average Bonchev–Trinajstić information content (AvgIpc) is 4.18. The first-order valence-electron chi connectivity index (χ1n) is 25.7. The molecule has 1 unspecified atom stereocenters. The van der Waals surface area contributed by atoms with E-state index in [0.717, 1.165) is 79.4 Å². The third-order valence-corrected chi connectivity index (χ3v) is 17.3. The van der Waals surface area contributed by atoms with Crippen molar-refractivity contribution in [2.24, 2.45) is 0 Å². The van der Waals surface area contributed by atoms with Crippen LogP contribution in [0, 0.1) is 22.9 Å². The molecular formula is C66H52N4OPt-2. The van der Waals surface area contributed by atoms with Gasteiger partial charge in [0, 0.05) is 11.8 Å². The molecule has 3 aliphatic carbocycles. The van der Waals surface area contributed by atoms with Crippen molar-refractivity contribution < 1.29 is 24.1 Å². The van der Waals surface area contributed by atoms with Crippen LogP contribution in [0.4, 0.5) is 0 Å². The van der Waals surface area contributed by atoms with Crippen LogP contribution in [0.1, 0.15) is 84.2 Å². The zero-order chi connectivity index (χ0) is 47.9. The van der Waals surface area contributed by atoms with Crippen molar-refractivity contribution in [3.05, 3.63) is 231 Å². The first-order chi connectivity index (χ1) is 35.5. The summed E-state index contributed by atoms with van der Waals surface area (Å²) in [7, 11) is 0. The predicted octanol–water partition coefficient (Wildman–Crippen LogP) is 16.3. The van der Waals surface area contributed by atoms with Crippen molar-refractivity contribution >= 4 is 32.8 Å². The molecule has 3 heterocycles. The Labute approximate surface area is 431 Å². The minimum absolute atomic E-state index is 0.0479. The first kappa shape index (κ1) is 43.5. The number of aryl methyl sites for hydroxylation is 3. The molecule has 1 spiro atoms. The SMILES string of the molecule is Cc1cc(-n2c3[c-]c(Oc4[c-]c(-n5[c](=[Pt])n(-c6c(-c7ccccc7)ccc7c6C6(CCc8ccccc86)CC7)c6ccccc65)ccc4)ccc3c3ccccc32)ncc1-c1ccc(C2CCCCC2)cc1. The molecule has 1 saturated carbocycles. The summed E-state index contributed by atoms with van der Waals surface area (Å²) in [6.07, 6.45) is 13.1. The number of aromatic nitrogens is 4. The van der Waals surface area contributed by atoms with Crippen LogP contribution in [0.25, 0.3) is 72.3 Å². The first-order valence-corrected chi connectivity index (χ1v) is 26.9. The van der Waals surface area contributed by atoms with Crippen LogP contribution in [0.3, 0.4) is 0 Å². The zero-order valence-electron chi connectivity index (χ0n) is 40.3. The fraction of sp³-hybridized carbons (Fsp3) is 0.182. The molecular weight excluding hydrogens is 1060 g/mol. The van der Waals surface area contributed by atoms with Gasteiger partial charge in [0.15, 0.2) is 0 Å². The van der Waals surface area contributed by atoms with Crippen molar-refractivity contribution in [2.45, 2.75) is 76.0 Å². The molecule has 3 aromatic heterocycles. The number of para-hydroxylation sites is 3. The Morgan fingerprint density at radius 3 is 2.11 bits per heavy atom. The van der Waals surface area contributed by atoms with E-state index in [4.69, 9.17) is 9.72 Å². The topological polar surface area (TPSA) is 36.9 Å². The van der Waals surface area contributed by atoms with Crippen LogP contribution in [0.5, 0.6) is 11.5 Å². The van der Waals surface area contributed by atoms with E-state index in [0.29, 0.717) is 17.4 Å². The maximum absolute atomic E-state index is 6.80. The molecule has 3 aliphatic rings. The van der Waals surface area contributed by atoms with Crippen molar-refractivity contribution in [2.75, 3.05) is 0 Å². The standard InChI is InChI=1S/C66H52N4O.Pt/c1-44-39-63(67-42-57(44)48-29-27-46(28-30-48)45-15-4-2-5-16-45)70-59-24-11-9-22-55(59)56-34-32-53(41-62(56)70)71-52-21-14-20-51(40-52)68-43-69(61-26-13-12-25-60(61)68)65-54(47-17-6-3-7-18-47)33-31-50-36-38-66(64(50)65)37-35-49-19-8-10-23-58(49)66;/h3,6-14,17-34,39,42,45H,2,4-5,15-16,35-38H2,1H3;/q-2;. The summed E-state index contributed by atoms with van der Waals surface area (Å²) in [4.78, 5) is 5.15. The number of hydrogen-bond donors (Lipinski definition) is 0. The smallest absolute Gasteiger partial charge is 0.0581 e. The third kappa shape index (κ3) is 6.99. The normalized spacial score (nSPS) is 16.5. The van der Waals surface area contributed by atoms with Gasteiger partial charge < -0.3 is 0 Å². The van der Waals surface area contributed by atoms with Crippen molar-refractivity contribution in [1.82, 2.24) is 18.7 Å². The van der Waals surface area contributed by atoms with Gasteiger partial charge in [-0.25, -0.2) is 0 Å². The second kappa shape index (κ2) is 17.5. The summed E-state index contributed by atoms with van der Waals surface area (Å²) in [6, 6.07) is 71.6. The monoisotopic (exact) mass is 1110 g/mol. The van der Waals surface area contributed by atoms with Gasteiger partial charge in [-0.15, -0.1) is 0 Å². The Balaban J connectivity index is 0.853. The van der Waals surface area contributed by atoms with Crippen molar-refractivity contribution in [3.63, 3.8) is 0 Å². The second-order valence-corrected chi connectivity index (χ2v) is 21.3. The van der Waals surface area contributed by atoms with Gasteiger partial charge in [0.1, 0.15) is 0 Å². The van der Waals surface area contributed by atoms with E-state index in [2.05, 4.69) is 216 Å². The van der Waals surface area contributed by atoms with E-state index in [9.17, 15) is 0 Å². The molecule has 72 heavy (non-hydrogen) atoms. The molecule has 0 saturated heterocycles. The second-order valence-electron chi connectivity index (χ2n) is 20.3. The Kier molecular flexibility index (Phi) is 10.5. The molecule has 5 nitrogen and oxygen atoms in total. The minimum atomic E-state index is -0.0479. The van der Waals surface area contributed by atoms with E-state index in [-0.39, 0.29) is 5.41 Å². The average molecular weight is 1110 g/mol. The summed E-state index contributed by atoms with van der Waals surface area (Å²) < 4.78 is 15.0. The number of ether oxygens (including phenoxy) is 1. The molecule has 6 heteroatoms. The molecule has 1 atom stereocenters. The number of rotatable bonds is 8. The molecule has 8 aromatic carbocycles. The van der Waals surface area contributed by atoms with E-state index in [1.807, 2.05) is 18.3 Å². The van der Waals surface area contributed by atoms with Crippen molar-refractivity contribution in [3.8, 4) is 50.9 Å². The number of benzene rings is 8. The Morgan fingerprint density at radius 2 is 1.29 bits per heavy atom. The van der Waals surface area contributed by atoms with Gasteiger partial charge >= 0.3 is 324 Å². The molecule has 0 amide bonds. The van der Waals surface area contributed by atoms with Crippen LogP contribution in [0.15, 0.2) is 182 Å². The third-order valence-electron chi connectivity index (χ3n) is 16.3. The number of hydrogen-bond acceptors (Lipinski definition) is 2. The summed E-state index contributed by atoms with van der Waals surface area (Å²) in [5.41, 5.74) is 19.8. The fourth-order valence-electron chi connectivity index (χ4n) is 12.9. The van der Waals surface area contributed by atoms with Crippen LogP contribution in [0.2, 0.25) is 0 Å². The summed E-state index contributed by atoms with van der Waals surface area (Å²) >= 11 is 2.56. The van der Waals surface area contributed by atoms with Gasteiger partial charge in [-0.1, -0.05) is 55.7 Å². The van der Waals surface area contributed by atoms with Crippen LogP contribution in [-0.2, 0) is 37.6 Å². The summed E-state index contributed by atoms with van der Waals surface area (Å²) in [5, 5.41) is 2.25. The molecule has 354 valence electrons. The molecule has 11 aromatic rings. The van der Waals surface area contributed by atoms with Crippen molar-refractivity contribution in [1.29, 1.82) is 0 Å². The van der Waals surface area contributed by atoms with E-state index >= 15 is 0 Å². The van der Waals surface area contributed by atoms with Gasteiger partial charge in [0.25, 0.3) is 0 Å². The number of fused-ring (bicyclic) bond motifs is 8. The van der Waals surface area contributed by atoms with E-state index in [1.165, 1.54) is 87.9 Å². The molecule has 0 N–H and O–H groups in total. The number of pyridine rings is 1. The minimum Gasteiger partial charge on any atom is -0.0581 e. The molecule has 14 rings (SSSR count). The van der Waals surface area contributed by atoms with Gasteiger partial charge in [0.2, 0.25) is 0 Å². The van der Waals surface area contributed by atoms with Gasteiger partial charge in [0.05, 0.1) is 0 Å². The number of imidazole rings is 1. The van der Waals surface area contributed by atoms with Gasteiger partial charge in [-0.05, 0) is 42.4 Å². The fourth-order valence-corrected chi connectivity index (χ4v) is 14.0. The molecule has 0 aliphatic heterocycles. The summed E-state index contributed by atoms with van der Waals surface area (Å²) in [5.74, 6) is 2.77. The Morgan fingerprint density at radius 1 is 0.583 bits per heavy atom. The van der Waals surface area contributed by atoms with E-state index in [1.54, 1.807) is 0 Å². The summed E-state index contributed by atoms with van der Waals surface area (Å²) in [6.45, 7) is 2.20. The quantitative estimate of drug-likeness (QED) is 0.142. The molecule has 0 bridgehead atoms. The zero-order valence-corrected chi connectivity index (χ0v) is 42.5. The predicted molar refractivity (Wildman–Crippen MR) is 287 cm³/mol. The number of nitrogens with zero attached hydrogens (tertiary/aromatic N) is 4. The van der Waals surface area contributed by atoms with Crippen LogP contribution in [-0.4, -0.2) is 18.7 Å².